The maximum atomic E-state index is 13.0. The van der Waals surface area contributed by atoms with Gasteiger partial charge in [0.15, 0.2) is 0 Å². The molecule has 0 nitrogen and oxygen atoms in total. The predicted molar refractivity (Wildman–Crippen MR) is 50.7 cm³/mol. The summed E-state index contributed by atoms with van der Waals surface area (Å²) in [4.78, 5) is 0. The van der Waals surface area contributed by atoms with E-state index in [9.17, 15) is 13.2 Å². The lowest BCUT2D eigenvalue weighted by Crippen LogP contribution is -2.10. The zero-order valence-corrected chi connectivity index (χ0v) is 8.07. The van der Waals surface area contributed by atoms with Crippen molar-refractivity contribution < 1.29 is 13.2 Å². The van der Waals surface area contributed by atoms with E-state index >= 15 is 0 Å². The van der Waals surface area contributed by atoms with Crippen LogP contribution in [0.2, 0.25) is 0 Å². The van der Waals surface area contributed by atoms with Gasteiger partial charge in [-0.3, -0.25) is 0 Å². The summed E-state index contributed by atoms with van der Waals surface area (Å²) in [6.45, 7) is 5.93. The first kappa shape index (κ1) is 10.8. The third-order valence-electron chi connectivity index (χ3n) is 1.91. The minimum Gasteiger partial charge on any atom is -0.207 e. The molecule has 0 fully saturated rings. The summed E-state index contributed by atoms with van der Waals surface area (Å²) in [5, 5.41) is 0. The quantitative estimate of drug-likeness (QED) is 0.677. The van der Waals surface area contributed by atoms with Gasteiger partial charge in [-0.1, -0.05) is 18.2 Å². The summed E-state index contributed by atoms with van der Waals surface area (Å²) in [6, 6.07) is 3.33. The maximum Gasteiger partial charge on any atom is 0.271 e. The van der Waals surface area contributed by atoms with Crippen molar-refractivity contribution in [2.45, 2.75) is 19.8 Å². The van der Waals surface area contributed by atoms with Crippen LogP contribution in [-0.2, 0) is 5.92 Å². The normalized spacial score (nSPS) is 11.5. The Labute approximate surface area is 81.1 Å². The van der Waals surface area contributed by atoms with Gasteiger partial charge in [0.1, 0.15) is 5.82 Å². The maximum absolute atomic E-state index is 13.0. The number of alkyl halides is 2. The van der Waals surface area contributed by atoms with Crippen LogP contribution in [0.5, 0.6) is 0 Å². The Morgan fingerprint density at radius 3 is 2.36 bits per heavy atom. The largest absolute Gasteiger partial charge is 0.271 e. The molecule has 0 heterocycles. The Bertz CT molecular complexity index is 361. The standard InChI is InChI=1S/C11H11F3/c1-7(2)9-5-4-8(12)6-10(9)11(3,13)14/h4-6H,1H2,2-3H3. The van der Waals surface area contributed by atoms with E-state index < -0.39 is 11.7 Å². The molecule has 1 aromatic rings. The smallest absolute Gasteiger partial charge is 0.207 e. The fraction of sp³-hybridized carbons (Fsp3) is 0.273. The van der Waals surface area contributed by atoms with Crippen molar-refractivity contribution >= 4 is 5.57 Å². The average Bonchev–Trinajstić information content (AvgIpc) is 2.01. The van der Waals surface area contributed by atoms with Crippen molar-refractivity contribution in [1.82, 2.24) is 0 Å². The molecule has 0 atom stereocenters. The van der Waals surface area contributed by atoms with Gasteiger partial charge < -0.3 is 0 Å². The third kappa shape index (κ3) is 2.16. The molecule has 0 radical (unpaired) electrons. The number of allylic oxidation sites excluding steroid dienone is 1. The highest BCUT2D eigenvalue weighted by molar-refractivity contribution is 5.65. The molecule has 0 amide bonds. The molecule has 14 heavy (non-hydrogen) atoms. The number of hydrogen-bond donors (Lipinski definition) is 0. The Kier molecular flexibility index (Phi) is 2.69. The van der Waals surface area contributed by atoms with E-state index in [4.69, 9.17) is 0 Å². The Hall–Kier alpha value is -1.25. The Morgan fingerprint density at radius 1 is 1.36 bits per heavy atom. The first-order valence-corrected chi connectivity index (χ1v) is 4.16. The monoisotopic (exact) mass is 200 g/mol. The van der Waals surface area contributed by atoms with E-state index in [-0.39, 0.29) is 5.56 Å². The van der Waals surface area contributed by atoms with Gasteiger partial charge in [-0.15, -0.1) is 0 Å². The van der Waals surface area contributed by atoms with Crippen LogP contribution >= 0.6 is 0 Å². The van der Waals surface area contributed by atoms with Crippen LogP contribution in [0.3, 0.4) is 0 Å². The van der Waals surface area contributed by atoms with E-state index in [1.807, 2.05) is 0 Å². The number of benzene rings is 1. The van der Waals surface area contributed by atoms with Gasteiger partial charge in [0.25, 0.3) is 5.92 Å². The van der Waals surface area contributed by atoms with Gasteiger partial charge in [0, 0.05) is 12.5 Å². The second-order valence-electron chi connectivity index (χ2n) is 3.36. The van der Waals surface area contributed by atoms with Crippen molar-refractivity contribution in [2.24, 2.45) is 0 Å². The summed E-state index contributed by atoms with van der Waals surface area (Å²) in [5.74, 6) is -3.71. The van der Waals surface area contributed by atoms with Gasteiger partial charge >= 0.3 is 0 Å². The van der Waals surface area contributed by atoms with Crippen molar-refractivity contribution in [3.8, 4) is 0 Å². The van der Waals surface area contributed by atoms with Crippen molar-refractivity contribution in [2.75, 3.05) is 0 Å². The molecule has 3 heteroatoms. The van der Waals surface area contributed by atoms with Gasteiger partial charge in [-0.25, -0.2) is 13.2 Å². The van der Waals surface area contributed by atoms with E-state index in [0.29, 0.717) is 11.1 Å². The summed E-state index contributed by atoms with van der Waals surface area (Å²) in [5.41, 5.74) is 0.491. The highest BCUT2D eigenvalue weighted by Gasteiger charge is 2.28. The summed E-state index contributed by atoms with van der Waals surface area (Å²) in [6.07, 6.45) is 0. The SMILES string of the molecule is C=C(C)c1ccc(F)cc1C(C)(F)F. The average molecular weight is 200 g/mol. The molecule has 0 N–H and O–H groups in total. The van der Waals surface area contributed by atoms with Crippen molar-refractivity contribution in [3.63, 3.8) is 0 Å². The van der Waals surface area contributed by atoms with Crippen LogP contribution in [0.25, 0.3) is 5.57 Å². The molecule has 0 unspecified atom stereocenters. The molecule has 1 rings (SSSR count). The lowest BCUT2D eigenvalue weighted by molar-refractivity contribution is 0.0169. The molecule has 0 saturated heterocycles. The molecular formula is C11H11F3. The third-order valence-corrected chi connectivity index (χ3v) is 1.91. The number of hydrogen-bond acceptors (Lipinski definition) is 0. The van der Waals surface area contributed by atoms with Crippen LogP contribution in [-0.4, -0.2) is 0 Å². The fourth-order valence-corrected chi connectivity index (χ4v) is 1.25. The van der Waals surface area contributed by atoms with Gasteiger partial charge in [0.2, 0.25) is 0 Å². The molecule has 0 aliphatic carbocycles. The van der Waals surface area contributed by atoms with Gasteiger partial charge in [-0.05, 0) is 24.6 Å². The molecule has 0 aliphatic heterocycles. The summed E-state index contributed by atoms with van der Waals surface area (Å²) < 4.78 is 38.9. The second-order valence-corrected chi connectivity index (χ2v) is 3.36. The minimum atomic E-state index is -3.05. The molecule has 0 aromatic heterocycles. The lowest BCUT2D eigenvalue weighted by atomic mass is 9.98. The molecule has 0 saturated carbocycles. The van der Waals surface area contributed by atoms with E-state index in [2.05, 4.69) is 6.58 Å². The zero-order chi connectivity index (χ0) is 10.9. The molecule has 0 aliphatic rings. The lowest BCUT2D eigenvalue weighted by Gasteiger charge is -2.15. The second kappa shape index (κ2) is 3.48. The highest BCUT2D eigenvalue weighted by Crippen LogP contribution is 2.33. The van der Waals surface area contributed by atoms with E-state index in [1.54, 1.807) is 6.92 Å². The molecule has 0 bridgehead atoms. The molecule has 76 valence electrons. The van der Waals surface area contributed by atoms with Gasteiger partial charge in [0.05, 0.1) is 0 Å². The summed E-state index contributed by atoms with van der Waals surface area (Å²) >= 11 is 0. The Morgan fingerprint density at radius 2 is 1.93 bits per heavy atom. The fourth-order valence-electron chi connectivity index (χ4n) is 1.25. The topological polar surface area (TPSA) is 0 Å². The first-order chi connectivity index (χ1) is 6.32. The van der Waals surface area contributed by atoms with Crippen molar-refractivity contribution in [1.29, 1.82) is 0 Å². The molecule has 1 aromatic carbocycles. The van der Waals surface area contributed by atoms with E-state index in [1.165, 1.54) is 6.07 Å². The number of halogens is 3. The van der Waals surface area contributed by atoms with Crippen LogP contribution < -0.4 is 0 Å². The summed E-state index contributed by atoms with van der Waals surface area (Å²) in [7, 11) is 0. The molecule has 0 spiro atoms. The minimum absolute atomic E-state index is 0.305. The highest BCUT2D eigenvalue weighted by atomic mass is 19.3. The van der Waals surface area contributed by atoms with Gasteiger partial charge in [-0.2, -0.15) is 0 Å². The van der Waals surface area contributed by atoms with Crippen molar-refractivity contribution in [3.05, 3.63) is 41.7 Å². The van der Waals surface area contributed by atoms with E-state index in [0.717, 1.165) is 19.1 Å². The zero-order valence-electron chi connectivity index (χ0n) is 8.07. The van der Waals surface area contributed by atoms with Crippen LogP contribution in [0.1, 0.15) is 25.0 Å². The predicted octanol–water partition coefficient (Wildman–Crippen LogP) is 3.97. The van der Waals surface area contributed by atoms with Crippen LogP contribution in [0.4, 0.5) is 13.2 Å². The number of rotatable bonds is 2. The Balaban J connectivity index is 3.38. The van der Waals surface area contributed by atoms with Crippen LogP contribution in [0, 0.1) is 5.82 Å². The van der Waals surface area contributed by atoms with Crippen LogP contribution in [0.15, 0.2) is 24.8 Å². The molecular weight excluding hydrogens is 189 g/mol. The first-order valence-electron chi connectivity index (χ1n) is 4.16.